The van der Waals surface area contributed by atoms with Crippen molar-refractivity contribution in [1.82, 2.24) is 9.97 Å². The lowest BCUT2D eigenvalue weighted by molar-refractivity contribution is 0.218. The van der Waals surface area contributed by atoms with E-state index in [0.29, 0.717) is 61.0 Å². The van der Waals surface area contributed by atoms with E-state index in [1.54, 1.807) is 18.4 Å². The number of fused-ring (bicyclic) bond motifs is 3. The third kappa shape index (κ3) is 5.97. The van der Waals surface area contributed by atoms with E-state index >= 15 is 0 Å². The molecule has 1 atom stereocenters. The molecule has 1 aliphatic carbocycles. The number of nitrogens with one attached hydrogen (secondary N) is 1. The van der Waals surface area contributed by atoms with Gasteiger partial charge in [0.05, 0.1) is 32.3 Å². The molecule has 5 rings (SSSR count). The van der Waals surface area contributed by atoms with E-state index in [4.69, 9.17) is 23.9 Å². The molecule has 8 heteroatoms. The van der Waals surface area contributed by atoms with Crippen LogP contribution in [-0.2, 0) is 12.8 Å². The molecule has 7 nitrogen and oxygen atoms in total. The molecule has 0 aliphatic heterocycles. The monoisotopic (exact) mass is 562 g/mol. The number of aryl methyl sites for hydroxylation is 1. The van der Waals surface area contributed by atoms with Gasteiger partial charge < -0.3 is 23.9 Å². The van der Waals surface area contributed by atoms with Crippen LogP contribution in [0.4, 0.5) is 0 Å². The van der Waals surface area contributed by atoms with Gasteiger partial charge in [-0.25, -0.2) is 4.98 Å². The van der Waals surface area contributed by atoms with Gasteiger partial charge in [-0.3, -0.25) is 4.79 Å². The highest BCUT2D eigenvalue weighted by atomic mass is 32.1. The zero-order chi connectivity index (χ0) is 28.3. The summed E-state index contributed by atoms with van der Waals surface area (Å²) in [6, 6.07) is 13.3. The number of hydrogen-bond acceptors (Lipinski definition) is 7. The summed E-state index contributed by atoms with van der Waals surface area (Å²) < 4.78 is 23.1. The lowest BCUT2D eigenvalue weighted by atomic mass is 9.72. The first-order chi connectivity index (χ1) is 19.3. The summed E-state index contributed by atoms with van der Waals surface area (Å²) in [6.07, 6.45) is 3.75. The van der Waals surface area contributed by atoms with Crippen molar-refractivity contribution in [3.63, 3.8) is 0 Å². The fraction of sp³-hybridized carbons (Fsp3) is 0.438. The molecule has 2 aromatic carbocycles. The zero-order valence-corrected chi connectivity index (χ0v) is 24.8. The maximum absolute atomic E-state index is 13.2. The smallest absolute Gasteiger partial charge is 0.260 e. The number of benzene rings is 2. The topological polar surface area (TPSA) is 82.7 Å². The summed E-state index contributed by atoms with van der Waals surface area (Å²) in [7, 11) is 1.63. The Bertz CT molecular complexity index is 1530. The Morgan fingerprint density at radius 1 is 1.00 bits per heavy atom. The predicted octanol–water partition coefficient (Wildman–Crippen LogP) is 7.06. The first-order valence-electron chi connectivity index (χ1n) is 14.0. The molecule has 2 heterocycles. The number of H-pyrrole nitrogens is 1. The maximum atomic E-state index is 13.2. The van der Waals surface area contributed by atoms with Crippen molar-refractivity contribution in [2.75, 3.05) is 26.9 Å². The third-order valence-corrected chi connectivity index (χ3v) is 8.68. The fourth-order valence-electron chi connectivity index (χ4n) is 5.26. The molecule has 212 valence electrons. The van der Waals surface area contributed by atoms with Crippen LogP contribution in [0.25, 0.3) is 21.6 Å². The van der Waals surface area contributed by atoms with Gasteiger partial charge in [-0.1, -0.05) is 32.9 Å². The number of methoxy groups -OCH3 is 1. The number of aromatic nitrogens is 2. The molecule has 0 saturated carbocycles. The van der Waals surface area contributed by atoms with E-state index in [0.717, 1.165) is 35.0 Å². The molecule has 0 saturated heterocycles. The van der Waals surface area contributed by atoms with Crippen molar-refractivity contribution in [3.8, 4) is 34.4 Å². The Balaban J connectivity index is 1.30. The van der Waals surface area contributed by atoms with Crippen molar-refractivity contribution in [3.05, 3.63) is 63.3 Å². The van der Waals surface area contributed by atoms with Gasteiger partial charge >= 0.3 is 0 Å². The summed E-state index contributed by atoms with van der Waals surface area (Å²) in [5, 5.41) is 0.761. The van der Waals surface area contributed by atoms with Crippen molar-refractivity contribution in [2.45, 2.75) is 53.4 Å². The minimum absolute atomic E-state index is 0.0694. The second-order valence-electron chi connectivity index (χ2n) is 11.2. The molecule has 1 N–H and O–H groups in total. The van der Waals surface area contributed by atoms with Gasteiger partial charge in [-0.15, -0.1) is 11.3 Å². The molecule has 0 bridgehead atoms. The third-order valence-electron chi connectivity index (χ3n) is 7.53. The maximum Gasteiger partial charge on any atom is 0.260 e. The number of aromatic amines is 1. The number of para-hydroxylation sites is 2. The Morgan fingerprint density at radius 3 is 2.42 bits per heavy atom. The summed E-state index contributed by atoms with van der Waals surface area (Å²) >= 11 is 1.67. The lowest BCUT2D eigenvalue weighted by Gasteiger charge is -2.33. The predicted molar refractivity (Wildman–Crippen MR) is 160 cm³/mol. The molecule has 40 heavy (non-hydrogen) atoms. The first kappa shape index (κ1) is 28.0. The van der Waals surface area contributed by atoms with Crippen LogP contribution < -0.4 is 24.5 Å². The molecular formula is C32H38N2O5S. The molecular weight excluding hydrogens is 524 g/mol. The molecule has 0 radical (unpaired) electrons. The van der Waals surface area contributed by atoms with Crippen molar-refractivity contribution < 1.29 is 18.9 Å². The van der Waals surface area contributed by atoms with Crippen LogP contribution in [0.5, 0.6) is 23.0 Å². The molecule has 4 aromatic rings. The van der Waals surface area contributed by atoms with E-state index < -0.39 is 0 Å². The van der Waals surface area contributed by atoms with Crippen LogP contribution >= 0.6 is 11.3 Å². The van der Waals surface area contributed by atoms with E-state index in [9.17, 15) is 4.79 Å². The van der Waals surface area contributed by atoms with Crippen LogP contribution in [0.15, 0.2) is 47.3 Å². The molecule has 2 aromatic heterocycles. The van der Waals surface area contributed by atoms with E-state index in [1.807, 2.05) is 49.4 Å². The standard InChI is InChI=1S/C32H38N2O5S/c1-6-37-26-18-20(12-15-25(26)39-17-9-16-38-24-11-8-7-10-23(24)36-5)29-33-30(35)28-22-14-13-21(32(2,3)4)19-27(22)40-31(28)34-29/h7-8,10-12,15,18,21H,6,9,13-14,16-17,19H2,1-5H3,(H,33,34,35)/t21-/m1/s1. The Morgan fingerprint density at radius 2 is 1.73 bits per heavy atom. The van der Waals surface area contributed by atoms with Crippen molar-refractivity contribution in [2.24, 2.45) is 11.3 Å². The quantitative estimate of drug-likeness (QED) is 0.208. The highest BCUT2D eigenvalue weighted by Gasteiger charge is 2.31. The number of hydrogen-bond donors (Lipinski definition) is 1. The number of ether oxygens (including phenoxy) is 4. The summed E-state index contributed by atoms with van der Waals surface area (Å²) in [5.74, 6) is 3.84. The van der Waals surface area contributed by atoms with Crippen molar-refractivity contribution in [1.29, 1.82) is 0 Å². The SMILES string of the molecule is CCOc1cc(-c2nc3sc4c(c3c(=O)[nH]2)CC[C@@H](C(C)(C)C)C4)ccc1OCCCOc1ccccc1OC. The number of nitrogens with zero attached hydrogens (tertiary/aromatic N) is 1. The Kier molecular flexibility index (Phi) is 8.35. The number of rotatable bonds is 10. The molecule has 0 amide bonds. The highest BCUT2D eigenvalue weighted by Crippen LogP contribution is 2.42. The Hall–Kier alpha value is -3.52. The Labute approximate surface area is 239 Å². The first-order valence-corrected chi connectivity index (χ1v) is 14.8. The molecule has 1 aliphatic rings. The minimum Gasteiger partial charge on any atom is -0.493 e. The van der Waals surface area contributed by atoms with Crippen LogP contribution in [-0.4, -0.2) is 36.9 Å². The van der Waals surface area contributed by atoms with Crippen molar-refractivity contribution >= 4 is 21.6 Å². The second kappa shape index (κ2) is 11.9. The van der Waals surface area contributed by atoms with Gasteiger partial charge in [-0.2, -0.15) is 0 Å². The normalized spacial score (nSPS) is 15.1. The number of thiophene rings is 1. The van der Waals surface area contributed by atoms with E-state index in [1.165, 1.54) is 10.4 Å². The summed E-state index contributed by atoms with van der Waals surface area (Å²) in [5.41, 5.74) is 2.16. The highest BCUT2D eigenvalue weighted by molar-refractivity contribution is 7.18. The fourth-order valence-corrected chi connectivity index (χ4v) is 6.56. The molecule has 0 spiro atoms. The summed E-state index contributed by atoms with van der Waals surface area (Å²) in [6.45, 7) is 10.3. The largest absolute Gasteiger partial charge is 0.493 e. The van der Waals surface area contributed by atoms with Gasteiger partial charge in [0, 0.05) is 16.9 Å². The van der Waals surface area contributed by atoms with Crippen LogP contribution in [0.3, 0.4) is 0 Å². The van der Waals surface area contributed by atoms with Gasteiger partial charge in [0.2, 0.25) is 0 Å². The minimum atomic E-state index is -0.0694. The lowest BCUT2D eigenvalue weighted by Crippen LogP contribution is -2.26. The van der Waals surface area contributed by atoms with Crippen LogP contribution in [0, 0.1) is 11.3 Å². The molecule has 0 fully saturated rings. The van der Waals surface area contributed by atoms with Crippen LogP contribution in [0.2, 0.25) is 0 Å². The van der Waals surface area contributed by atoms with Gasteiger partial charge in [0.25, 0.3) is 5.56 Å². The summed E-state index contributed by atoms with van der Waals surface area (Å²) in [4.78, 5) is 23.3. The second-order valence-corrected chi connectivity index (χ2v) is 12.3. The van der Waals surface area contributed by atoms with Gasteiger partial charge in [0.1, 0.15) is 10.7 Å². The van der Waals surface area contributed by atoms with Gasteiger partial charge in [0.15, 0.2) is 23.0 Å². The van der Waals surface area contributed by atoms with E-state index in [-0.39, 0.29) is 11.0 Å². The average Bonchev–Trinajstić information content (AvgIpc) is 3.32. The average molecular weight is 563 g/mol. The van der Waals surface area contributed by atoms with E-state index in [2.05, 4.69) is 25.8 Å². The molecule has 0 unspecified atom stereocenters. The zero-order valence-electron chi connectivity index (χ0n) is 24.0. The van der Waals surface area contributed by atoms with Crippen LogP contribution in [0.1, 0.15) is 51.0 Å². The van der Waals surface area contributed by atoms with Gasteiger partial charge in [-0.05, 0) is 73.4 Å².